The number of carbonyl (C=O) groups is 1. The van der Waals surface area contributed by atoms with Gasteiger partial charge in [-0.2, -0.15) is 0 Å². The second-order valence-electron chi connectivity index (χ2n) is 5.18. The number of carbonyl (C=O) groups excluding carboxylic acids is 1. The number of amides is 1. The van der Waals surface area contributed by atoms with Crippen molar-refractivity contribution in [3.63, 3.8) is 0 Å². The van der Waals surface area contributed by atoms with Gasteiger partial charge in [-0.1, -0.05) is 0 Å². The number of aliphatic hydroxyl groups is 1. The van der Waals surface area contributed by atoms with E-state index in [0.29, 0.717) is 12.5 Å². The minimum Gasteiger partial charge on any atom is -0.497 e. The van der Waals surface area contributed by atoms with Gasteiger partial charge in [0.25, 0.3) is 0 Å². The summed E-state index contributed by atoms with van der Waals surface area (Å²) in [6.07, 6.45) is 1.90. The van der Waals surface area contributed by atoms with Crippen LogP contribution in [-0.2, 0) is 4.79 Å². The normalized spacial score (nSPS) is 19.0. The molecule has 0 aromatic heterocycles. The highest BCUT2D eigenvalue weighted by atomic mass is 16.5. The molecule has 0 spiro atoms. The topological polar surface area (TPSA) is 61.8 Å². The van der Waals surface area contributed by atoms with Gasteiger partial charge < -0.3 is 15.2 Å². The van der Waals surface area contributed by atoms with Crippen LogP contribution in [0.4, 0.5) is 5.69 Å². The molecule has 0 bridgehead atoms. The molecule has 0 saturated carbocycles. The van der Waals surface area contributed by atoms with Crippen molar-refractivity contribution in [3.05, 3.63) is 24.3 Å². The Morgan fingerprint density at radius 1 is 1.45 bits per heavy atom. The average molecular weight is 278 g/mol. The average Bonchev–Trinajstić information content (AvgIpc) is 2.87. The maximum atomic E-state index is 12.0. The SMILES string of the molecule is COc1ccc(NC(=O)CN2CCC(CCO)C2)cc1. The zero-order chi connectivity index (χ0) is 14.4. The number of nitrogens with zero attached hydrogens (tertiary/aromatic N) is 1. The van der Waals surface area contributed by atoms with Gasteiger partial charge >= 0.3 is 0 Å². The minimum absolute atomic E-state index is 0.000171. The fourth-order valence-corrected chi connectivity index (χ4v) is 2.55. The summed E-state index contributed by atoms with van der Waals surface area (Å²) < 4.78 is 5.08. The number of nitrogens with one attached hydrogen (secondary N) is 1. The summed E-state index contributed by atoms with van der Waals surface area (Å²) in [5.74, 6) is 1.29. The van der Waals surface area contributed by atoms with Gasteiger partial charge in [-0.3, -0.25) is 9.69 Å². The number of hydrogen-bond acceptors (Lipinski definition) is 4. The van der Waals surface area contributed by atoms with Gasteiger partial charge in [0.1, 0.15) is 5.75 Å². The van der Waals surface area contributed by atoms with E-state index in [4.69, 9.17) is 9.84 Å². The van der Waals surface area contributed by atoms with Crippen LogP contribution in [0, 0.1) is 5.92 Å². The van der Waals surface area contributed by atoms with Crippen molar-refractivity contribution in [2.24, 2.45) is 5.92 Å². The van der Waals surface area contributed by atoms with Crippen molar-refractivity contribution in [3.8, 4) is 5.75 Å². The van der Waals surface area contributed by atoms with Crippen LogP contribution in [0.25, 0.3) is 0 Å². The summed E-state index contributed by atoms with van der Waals surface area (Å²) in [5.41, 5.74) is 0.780. The Morgan fingerprint density at radius 3 is 2.85 bits per heavy atom. The molecule has 1 amide bonds. The van der Waals surface area contributed by atoms with Crippen molar-refractivity contribution in [2.45, 2.75) is 12.8 Å². The molecule has 1 unspecified atom stereocenters. The first-order chi connectivity index (χ1) is 9.71. The van der Waals surface area contributed by atoms with E-state index in [1.807, 2.05) is 24.3 Å². The molecule has 1 aliphatic heterocycles. The first-order valence-corrected chi connectivity index (χ1v) is 6.98. The van der Waals surface area contributed by atoms with Crippen LogP contribution in [0.2, 0.25) is 0 Å². The van der Waals surface area contributed by atoms with E-state index in [9.17, 15) is 4.79 Å². The number of rotatable bonds is 6. The molecule has 5 nitrogen and oxygen atoms in total. The summed E-state index contributed by atoms with van der Waals surface area (Å²) >= 11 is 0. The van der Waals surface area contributed by atoms with E-state index in [2.05, 4.69) is 10.2 Å². The minimum atomic E-state index is -0.000171. The summed E-state index contributed by atoms with van der Waals surface area (Å²) in [4.78, 5) is 14.1. The Hall–Kier alpha value is -1.59. The van der Waals surface area contributed by atoms with Crippen LogP contribution >= 0.6 is 0 Å². The molecular weight excluding hydrogens is 256 g/mol. The van der Waals surface area contributed by atoms with Crippen molar-refractivity contribution in [2.75, 3.05) is 38.7 Å². The Balaban J connectivity index is 1.77. The van der Waals surface area contributed by atoms with E-state index in [-0.39, 0.29) is 12.5 Å². The molecule has 2 rings (SSSR count). The molecule has 2 N–H and O–H groups in total. The summed E-state index contributed by atoms with van der Waals surface area (Å²) in [7, 11) is 1.61. The summed E-state index contributed by atoms with van der Waals surface area (Å²) in [5, 5.41) is 11.8. The predicted molar refractivity (Wildman–Crippen MR) is 77.9 cm³/mol. The molecule has 0 radical (unpaired) electrons. The third-order valence-corrected chi connectivity index (χ3v) is 3.65. The molecule has 0 aliphatic carbocycles. The van der Waals surface area contributed by atoms with Crippen molar-refractivity contribution >= 4 is 11.6 Å². The van der Waals surface area contributed by atoms with E-state index >= 15 is 0 Å². The number of methoxy groups -OCH3 is 1. The van der Waals surface area contributed by atoms with E-state index in [0.717, 1.165) is 37.4 Å². The standard InChI is InChI=1S/C15H22N2O3/c1-20-14-4-2-13(3-5-14)16-15(19)11-17-8-6-12(10-17)7-9-18/h2-5,12,18H,6-11H2,1H3,(H,16,19). The van der Waals surface area contributed by atoms with E-state index in [1.54, 1.807) is 7.11 Å². The van der Waals surface area contributed by atoms with E-state index in [1.165, 1.54) is 0 Å². The molecule has 20 heavy (non-hydrogen) atoms. The molecule has 5 heteroatoms. The molecule has 1 fully saturated rings. The van der Waals surface area contributed by atoms with Gasteiger partial charge in [0.15, 0.2) is 0 Å². The molecule has 1 aliphatic rings. The van der Waals surface area contributed by atoms with Crippen molar-refractivity contribution in [1.29, 1.82) is 0 Å². The number of ether oxygens (including phenoxy) is 1. The quantitative estimate of drug-likeness (QED) is 0.824. The first kappa shape index (κ1) is 14.8. The zero-order valence-electron chi connectivity index (χ0n) is 11.8. The van der Waals surface area contributed by atoms with Gasteiger partial charge in [0, 0.05) is 18.8 Å². The number of anilines is 1. The predicted octanol–water partition coefficient (Wildman–Crippen LogP) is 1.34. The second kappa shape index (κ2) is 7.26. The Morgan fingerprint density at radius 2 is 2.20 bits per heavy atom. The lowest BCUT2D eigenvalue weighted by molar-refractivity contribution is -0.117. The third kappa shape index (κ3) is 4.21. The lowest BCUT2D eigenvalue weighted by Gasteiger charge is -2.15. The molecule has 1 aromatic rings. The van der Waals surface area contributed by atoms with Crippen LogP contribution in [0.5, 0.6) is 5.75 Å². The monoisotopic (exact) mass is 278 g/mol. The maximum Gasteiger partial charge on any atom is 0.238 e. The van der Waals surface area contributed by atoms with Crippen molar-refractivity contribution < 1.29 is 14.6 Å². The molecule has 1 heterocycles. The zero-order valence-corrected chi connectivity index (χ0v) is 11.8. The van der Waals surface area contributed by atoms with Crippen LogP contribution < -0.4 is 10.1 Å². The summed E-state index contributed by atoms with van der Waals surface area (Å²) in [6.45, 7) is 2.47. The van der Waals surface area contributed by atoms with Crippen molar-refractivity contribution in [1.82, 2.24) is 4.90 Å². The smallest absolute Gasteiger partial charge is 0.238 e. The van der Waals surface area contributed by atoms with Crippen LogP contribution in [0.3, 0.4) is 0 Å². The van der Waals surface area contributed by atoms with Gasteiger partial charge in [0.05, 0.1) is 13.7 Å². The van der Waals surface area contributed by atoms with Crippen LogP contribution in [0.1, 0.15) is 12.8 Å². The largest absolute Gasteiger partial charge is 0.497 e. The molecular formula is C15H22N2O3. The third-order valence-electron chi connectivity index (χ3n) is 3.65. The van der Waals surface area contributed by atoms with Crippen LogP contribution in [0.15, 0.2) is 24.3 Å². The Bertz CT molecular complexity index is 433. The summed E-state index contributed by atoms with van der Waals surface area (Å²) in [6, 6.07) is 7.30. The van der Waals surface area contributed by atoms with Gasteiger partial charge in [-0.05, 0) is 49.6 Å². The number of likely N-dealkylation sites (tertiary alicyclic amines) is 1. The van der Waals surface area contributed by atoms with Gasteiger partial charge in [-0.15, -0.1) is 0 Å². The number of aliphatic hydroxyl groups excluding tert-OH is 1. The fraction of sp³-hybridized carbons (Fsp3) is 0.533. The Labute approximate surface area is 119 Å². The fourth-order valence-electron chi connectivity index (χ4n) is 2.55. The van der Waals surface area contributed by atoms with Gasteiger partial charge in [0.2, 0.25) is 5.91 Å². The maximum absolute atomic E-state index is 12.0. The number of hydrogen-bond donors (Lipinski definition) is 2. The highest BCUT2D eigenvalue weighted by Gasteiger charge is 2.23. The lowest BCUT2D eigenvalue weighted by Crippen LogP contribution is -2.31. The molecule has 1 atom stereocenters. The lowest BCUT2D eigenvalue weighted by atomic mass is 10.1. The Kier molecular flexibility index (Phi) is 5.38. The molecule has 1 aromatic carbocycles. The second-order valence-corrected chi connectivity index (χ2v) is 5.18. The number of benzene rings is 1. The first-order valence-electron chi connectivity index (χ1n) is 6.98. The molecule has 1 saturated heterocycles. The van der Waals surface area contributed by atoms with E-state index < -0.39 is 0 Å². The highest BCUT2D eigenvalue weighted by molar-refractivity contribution is 5.92. The van der Waals surface area contributed by atoms with Crippen LogP contribution in [-0.4, -0.2) is 49.3 Å². The highest BCUT2D eigenvalue weighted by Crippen LogP contribution is 2.19. The van der Waals surface area contributed by atoms with Gasteiger partial charge in [-0.25, -0.2) is 0 Å². The molecule has 110 valence electrons.